The summed E-state index contributed by atoms with van der Waals surface area (Å²) in [6, 6.07) is 3.92. The molecule has 1 aromatic rings. The predicted octanol–water partition coefficient (Wildman–Crippen LogP) is 3.01. The van der Waals surface area contributed by atoms with E-state index in [2.05, 4.69) is 10.0 Å². The molecule has 0 bridgehead atoms. The van der Waals surface area contributed by atoms with Gasteiger partial charge in [-0.1, -0.05) is 17.3 Å². The summed E-state index contributed by atoms with van der Waals surface area (Å²) in [5, 5.41) is 23.2. The Bertz CT molecular complexity index is 492. The molecule has 1 rings (SSSR count). The van der Waals surface area contributed by atoms with Gasteiger partial charge in [0, 0.05) is 11.5 Å². The van der Waals surface area contributed by atoms with Gasteiger partial charge in [-0.25, -0.2) is 0 Å². The first-order chi connectivity index (χ1) is 8.15. The van der Waals surface area contributed by atoms with Crippen LogP contribution in [-0.2, 0) is 0 Å². The van der Waals surface area contributed by atoms with Crippen LogP contribution in [0.3, 0.4) is 0 Å². The van der Waals surface area contributed by atoms with Gasteiger partial charge in [0.25, 0.3) is 5.69 Å². The summed E-state index contributed by atoms with van der Waals surface area (Å²) < 4.78 is 0. The molecule has 0 heterocycles. The molecule has 0 aliphatic rings. The van der Waals surface area contributed by atoms with E-state index >= 15 is 0 Å². The van der Waals surface area contributed by atoms with Crippen molar-refractivity contribution in [2.24, 2.45) is 5.11 Å². The minimum Gasteiger partial charge on any atom is -0.508 e. The Balaban J connectivity index is 2.83. The van der Waals surface area contributed by atoms with E-state index in [1.807, 2.05) is 0 Å². The van der Waals surface area contributed by atoms with Gasteiger partial charge in [0.1, 0.15) is 5.75 Å². The fourth-order valence-electron chi connectivity index (χ4n) is 1.22. The second-order valence-corrected chi connectivity index (χ2v) is 3.15. The second-order valence-electron chi connectivity index (χ2n) is 3.15. The van der Waals surface area contributed by atoms with Gasteiger partial charge in [-0.15, -0.1) is 0 Å². The molecule has 0 aliphatic heterocycles. The fourth-order valence-corrected chi connectivity index (χ4v) is 1.22. The smallest absolute Gasteiger partial charge is 0.280 e. The number of phenolic OH excluding ortho intramolecular Hbond substituents is 1. The molecule has 0 radical (unpaired) electrons. The van der Waals surface area contributed by atoms with Crippen molar-refractivity contribution in [1.82, 2.24) is 0 Å². The van der Waals surface area contributed by atoms with Gasteiger partial charge >= 0.3 is 0 Å². The van der Waals surface area contributed by atoms with E-state index in [0.717, 1.165) is 6.07 Å². The number of nitro benzene ring substituents is 1. The zero-order chi connectivity index (χ0) is 12.7. The molecule has 0 unspecified atom stereocenters. The van der Waals surface area contributed by atoms with Crippen LogP contribution in [0.5, 0.6) is 5.75 Å². The first kappa shape index (κ1) is 12.5. The standard InChI is InChI=1S/C10H10N4O3/c11-13-12-6-2-1-3-8-4-5-9(15)7-10(8)14(16)17/h1,3-5,7,15H,2,6H2. The average molecular weight is 234 g/mol. The first-order valence-corrected chi connectivity index (χ1v) is 4.80. The third-order valence-electron chi connectivity index (χ3n) is 1.97. The molecule has 0 saturated carbocycles. The van der Waals surface area contributed by atoms with Crippen molar-refractivity contribution in [3.8, 4) is 5.75 Å². The number of phenols is 1. The van der Waals surface area contributed by atoms with Gasteiger partial charge in [-0.05, 0) is 24.1 Å². The van der Waals surface area contributed by atoms with Crippen molar-refractivity contribution in [1.29, 1.82) is 0 Å². The molecular formula is C10H10N4O3. The normalized spacial score (nSPS) is 10.1. The Kier molecular flexibility index (Phi) is 4.53. The van der Waals surface area contributed by atoms with Gasteiger partial charge in [0.2, 0.25) is 0 Å². The van der Waals surface area contributed by atoms with Crippen LogP contribution in [0.15, 0.2) is 29.4 Å². The summed E-state index contributed by atoms with van der Waals surface area (Å²) in [5.41, 5.74) is 8.28. The Morgan fingerprint density at radius 3 is 3.00 bits per heavy atom. The van der Waals surface area contributed by atoms with E-state index in [1.54, 1.807) is 12.2 Å². The van der Waals surface area contributed by atoms with E-state index in [0.29, 0.717) is 18.5 Å². The van der Waals surface area contributed by atoms with Gasteiger partial charge < -0.3 is 5.11 Å². The SMILES string of the molecule is [N-]=[N+]=NCCC=Cc1ccc(O)cc1[N+](=O)[O-]. The minimum atomic E-state index is -0.563. The Morgan fingerprint density at radius 1 is 1.59 bits per heavy atom. The lowest BCUT2D eigenvalue weighted by Crippen LogP contribution is -1.90. The quantitative estimate of drug-likeness (QED) is 0.211. The number of hydrogen-bond acceptors (Lipinski definition) is 4. The maximum absolute atomic E-state index is 10.7. The highest BCUT2D eigenvalue weighted by Gasteiger charge is 2.11. The molecule has 1 N–H and O–H groups in total. The van der Waals surface area contributed by atoms with E-state index in [-0.39, 0.29) is 11.4 Å². The van der Waals surface area contributed by atoms with E-state index in [9.17, 15) is 10.1 Å². The number of aromatic hydroxyl groups is 1. The molecule has 0 spiro atoms. The molecule has 7 heteroatoms. The summed E-state index contributed by atoms with van der Waals surface area (Å²) in [7, 11) is 0. The van der Waals surface area contributed by atoms with E-state index in [4.69, 9.17) is 10.6 Å². The van der Waals surface area contributed by atoms with Crippen LogP contribution in [-0.4, -0.2) is 16.6 Å². The molecule has 0 amide bonds. The van der Waals surface area contributed by atoms with Gasteiger partial charge in [0.05, 0.1) is 16.6 Å². The van der Waals surface area contributed by atoms with Crippen LogP contribution < -0.4 is 0 Å². The Morgan fingerprint density at radius 2 is 2.35 bits per heavy atom. The largest absolute Gasteiger partial charge is 0.508 e. The third-order valence-corrected chi connectivity index (χ3v) is 1.97. The number of nitro groups is 1. The monoisotopic (exact) mass is 234 g/mol. The lowest BCUT2D eigenvalue weighted by atomic mass is 10.1. The molecule has 17 heavy (non-hydrogen) atoms. The lowest BCUT2D eigenvalue weighted by Gasteiger charge is -1.98. The molecular weight excluding hydrogens is 224 g/mol. The van der Waals surface area contributed by atoms with Crippen molar-refractivity contribution < 1.29 is 10.0 Å². The van der Waals surface area contributed by atoms with Crippen LogP contribution in [0, 0.1) is 10.1 Å². The summed E-state index contributed by atoms with van der Waals surface area (Å²) in [6.07, 6.45) is 3.74. The molecule has 0 aliphatic carbocycles. The maximum atomic E-state index is 10.7. The summed E-state index contributed by atoms with van der Waals surface area (Å²) >= 11 is 0. The van der Waals surface area contributed by atoms with Crippen LogP contribution in [0.1, 0.15) is 12.0 Å². The van der Waals surface area contributed by atoms with Crippen molar-refractivity contribution in [3.05, 3.63) is 50.4 Å². The van der Waals surface area contributed by atoms with E-state index in [1.165, 1.54) is 12.1 Å². The molecule has 0 saturated heterocycles. The minimum absolute atomic E-state index is 0.150. The van der Waals surface area contributed by atoms with Crippen molar-refractivity contribution >= 4 is 11.8 Å². The molecule has 0 aromatic heterocycles. The molecule has 0 atom stereocenters. The van der Waals surface area contributed by atoms with Crippen LogP contribution in [0.2, 0.25) is 0 Å². The number of hydrogen-bond donors (Lipinski definition) is 1. The van der Waals surface area contributed by atoms with Crippen molar-refractivity contribution in [2.75, 3.05) is 6.54 Å². The van der Waals surface area contributed by atoms with Crippen molar-refractivity contribution in [2.45, 2.75) is 6.42 Å². The second kappa shape index (κ2) is 6.14. The maximum Gasteiger partial charge on any atom is 0.280 e. The molecule has 88 valence electrons. The number of rotatable bonds is 5. The Hall–Kier alpha value is -2.53. The number of benzene rings is 1. The zero-order valence-corrected chi connectivity index (χ0v) is 8.85. The van der Waals surface area contributed by atoms with Crippen molar-refractivity contribution in [3.63, 3.8) is 0 Å². The van der Waals surface area contributed by atoms with E-state index < -0.39 is 4.92 Å². The van der Waals surface area contributed by atoms with Crippen LogP contribution >= 0.6 is 0 Å². The van der Waals surface area contributed by atoms with Gasteiger partial charge in [-0.3, -0.25) is 10.1 Å². The lowest BCUT2D eigenvalue weighted by molar-refractivity contribution is -0.385. The molecule has 1 aromatic carbocycles. The number of azide groups is 1. The fraction of sp³-hybridized carbons (Fsp3) is 0.200. The third kappa shape index (κ3) is 3.84. The zero-order valence-electron chi connectivity index (χ0n) is 8.85. The van der Waals surface area contributed by atoms with Crippen LogP contribution in [0.25, 0.3) is 16.5 Å². The highest BCUT2D eigenvalue weighted by Crippen LogP contribution is 2.24. The highest BCUT2D eigenvalue weighted by molar-refractivity contribution is 5.62. The van der Waals surface area contributed by atoms with Gasteiger partial charge in [0.15, 0.2) is 0 Å². The molecule has 0 fully saturated rings. The Labute approximate surface area is 96.8 Å². The molecule has 7 nitrogen and oxygen atoms in total. The topological polar surface area (TPSA) is 112 Å². The van der Waals surface area contributed by atoms with Gasteiger partial charge in [-0.2, -0.15) is 0 Å². The van der Waals surface area contributed by atoms with Crippen LogP contribution in [0.4, 0.5) is 5.69 Å². The summed E-state index contributed by atoms with van der Waals surface area (Å²) in [6.45, 7) is 0.304. The number of nitrogens with zero attached hydrogens (tertiary/aromatic N) is 4. The summed E-state index contributed by atoms with van der Waals surface area (Å²) in [4.78, 5) is 12.7. The highest BCUT2D eigenvalue weighted by atomic mass is 16.6. The average Bonchev–Trinajstić information content (AvgIpc) is 2.30. The first-order valence-electron chi connectivity index (χ1n) is 4.80. The predicted molar refractivity (Wildman–Crippen MR) is 62.4 cm³/mol. The summed E-state index contributed by atoms with van der Waals surface area (Å²) in [5.74, 6) is -0.150.